The number of methoxy groups -OCH3 is 1. The van der Waals surface area contributed by atoms with Gasteiger partial charge in [-0.15, -0.1) is 0 Å². The molecule has 0 heterocycles. The Morgan fingerprint density at radius 1 is 1.42 bits per heavy atom. The minimum atomic E-state index is -0.857. The lowest BCUT2D eigenvalue weighted by Gasteiger charge is -2.17. The van der Waals surface area contributed by atoms with E-state index < -0.39 is 10.8 Å². The molecule has 1 aromatic rings. The lowest BCUT2D eigenvalue weighted by Crippen LogP contribution is -2.38. The average molecular weight is 283 g/mol. The van der Waals surface area contributed by atoms with E-state index in [2.05, 4.69) is 31.3 Å². The highest BCUT2D eigenvalue weighted by Gasteiger charge is 2.12. The molecule has 0 spiro atoms. The molecule has 0 aliphatic heterocycles. The second-order valence-corrected chi connectivity index (χ2v) is 6.35. The van der Waals surface area contributed by atoms with E-state index >= 15 is 0 Å². The SMILES string of the molecule is CCCNC(COC)CS(=O)Cc1cccc(C)c1. The summed E-state index contributed by atoms with van der Waals surface area (Å²) in [6.07, 6.45) is 1.07. The van der Waals surface area contributed by atoms with Gasteiger partial charge < -0.3 is 10.1 Å². The lowest BCUT2D eigenvalue weighted by molar-refractivity contribution is 0.173. The molecule has 0 saturated heterocycles. The van der Waals surface area contributed by atoms with E-state index in [0.717, 1.165) is 18.5 Å². The van der Waals surface area contributed by atoms with Crippen LogP contribution in [0, 0.1) is 6.92 Å². The monoisotopic (exact) mass is 283 g/mol. The van der Waals surface area contributed by atoms with Crippen LogP contribution in [0.2, 0.25) is 0 Å². The van der Waals surface area contributed by atoms with E-state index in [9.17, 15) is 4.21 Å². The van der Waals surface area contributed by atoms with Gasteiger partial charge in [0.2, 0.25) is 0 Å². The van der Waals surface area contributed by atoms with Crippen LogP contribution in [-0.2, 0) is 21.3 Å². The lowest BCUT2D eigenvalue weighted by atomic mass is 10.2. The van der Waals surface area contributed by atoms with E-state index in [1.54, 1.807) is 7.11 Å². The first-order valence-electron chi connectivity index (χ1n) is 6.78. The summed E-state index contributed by atoms with van der Waals surface area (Å²) in [5.74, 6) is 1.26. The third-order valence-corrected chi connectivity index (χ3v) is 4.28. The second kappa shape index (κ2) is 9.23. The summed E-state index contributed by atoms with van der Waals surface area (Å²) < 4.78 is 17.4. The third kappa shape index (κ3) is 6.85. The molecule has 0 radical (unpaired) electrons. The van der Waals surface area contributed by atoms with Crippen molar-refractivity contribution in [3.63, 3.8) is 0 Å². The van der Waals surface area contributed by atoms with Crippen LogP contribution in [0.3, 0.4) is 0 Å². The van der Waals surface area contributed by atoms with E-state index in [0.29, 0.717) is 18.1 Å². The predicted molar refractivity (Wildman–Crippen MR) is 81.9 cm³/mol. The molecule has 4 heteroatoms. The molecule has 0 bridgehead atoms. The molecule has 2 atom stereocenters. The van der Waals surface area contributed by atoms with Crippen molar-refractivity contribution in [1.29, 1.82) is 0 Å². The Bertz CT molecular complexity index is 395. The minimum Gasteiger partial charge on any atom is -0.383 e. The number of benzene rings is 1. The maximum atomic E-state index is 12.2. The summed E-state index contributed by atoms with van der Waals surface area (Å²) in [4.78, 5) is 0. The number of rotatable bonds is 9. The topological polar surface area (TPSA) is 38.3 Å². The molecule has 1 rings (SSSR count). The van der Waals surface area contributed by atoms with Crippen molar-refractivity contribution in [2.45, 2.75) is 32.1 Å². The van der Waals surface area contributed by atoms with Gasteiger partial charge in [-0.05, 0) is 25.5 Å². The van der Waals surface area contributed by atoms with E-state index in [4.69, 9.17) is 4.74 Å². The van der Waals surface area contributed by atoms with Crippen LogP contribution in [-0.4, -0.2) is 36.3 Å². The number of aryl methyl sites for hydroxylation is 1. The molecular weight excluding hydrogens is 258 g/mol. The van der Waals surface area contributed by atoms with Crippen molar-refractivity contribution >= 4 is 10.8 Å². The summed E-state index contributed by atoms with van der Waals surface area (Å²) in [6.45, 7) is 5.73. The van der Waals surface area contributed by atoms with Crippen molar-refractivity contribution in [3.05, 3.63) is 35.4 Å². The van der Waals surface area contributed by atoms with Crippen molar-refractivity contribution in [2.75, 3.05) is 26.0 Å². The summed E-state index contributed by atoms with van der Waals surface area (Å²) in [5.41, 5.74) is 2.36. The van der Waals surface area contributed by atoms with Crippen molar-refractivity contribution in [2.24, 2.45) is 0 Å². The molecule has 0 aromatic heterocycles. The van der Waals surface area contributed by atoms with Gasteiger partial charge in [0.1, 0.15) is 0 Å². The summed E-state index contributed by atoms with van der Waals surface area (Å²) >= 11 is 0. The van der Waals surface area contributed by atoms with Crippen LogP contribution < -0.4 is 5.32 Å². The molecule has 0 aliphatic rings. The molecule has 2 unspecified atom stereocenters. The zero-order valence-corrected chi connectivity index (χ0v) is 13.0. The van der Waals surface area contributed by atoms with Gasteiger partial charge in [-0.1, -0.05) is 36.8 Å². The number of nitrogens with one attached hydrogen (secondary N) is 1. The number of hydrogen-bond donors (Lipinski definition) is 1. The fourth-order valence-electron chi connectivity index (χ4n) is 1.99. The average Bonchev–Trinajstić information content (AvgIpc) is 2.36. The first kappa shape index (κ1) is 16.3. The van der Waals surface area contributed by atoms with Gasteiger partial charge in [0, 0.05) is 35.5 Å². The first-order chi connectivity index (χ1) is 9.15. The van der Waals surface area contributed by atoms with E-state index in [-0.39, 0.29) is 6.04 Å². The van der Waals surface area contributed by atoms with Gasteiger partial charge in [0.05, 0.1) is 6.61 Å². The zero-order valence-electron chi connectivity index (χ0n) is 12.1. The Balaban J connectivity index is 2.47. The largest absolute Gasteiger partial charge is 0.383 e. The van der Waals surface area contributed by atoms with Crippen LogP contribution >= 0.6 is 0 Å². The normalized spacial score (nSPS) is 14.3. The van der Waals surface area contributed by atoms with Gasteiger partial charge in [-0.25, -0.2) is 0 Å². The highest BCUT2D eigenvalue weighted by Crippen LogP contribution is 2.07. The van der Waals surface area contributed by atoms with Gasteiger partial charge in [0.25, 0.3) is 0 Å². The molecule has 0 aliphatic carbocycles. The predicted octanol–water partition coefficient (Wildman–Crippen LogP) is 2.26. The molecule has 0 amide bonds. The van der Waals surface area contributed by atoms with Gasteiger partial charge >= 0.3 is 0 Å². The smallest absolute Gasteiger partial charge is 0.0624 e. The molecule has 1 N–H and O–H groups in total. The molecule has 0 fully saturated rings. The highest BCUT2D eigenvalue weighted by molar-refractivity contribution is 7.84. The summed E-state index contributed by atoms with van der Waals surface area (Å²) in [5, 5.41) is 3.38. The minimum absolute atomic E-state index is 0.176. The maximum Gasteiger partial charge on any atom is 0.0624 e. The van der Waals surface area contributed by atoms with E-state index in [1.807, 2.05) is 12.1 Å². The van der Waals surface area contributed by atoms with Crippen molar-refractivity contribution in [1.82, 2.24) is 5.32 Å². The van der Waals surface area contributed by atoms with Crippen molar-refractivity contribution < 1.29 is 8.95 Å². The molecular formula is C15H25NO2S. The third-order valence-electron chi connectivity index (χ3n) is 2.85. The van der Waals surface area contributed by atoms with Crippen LogP contribution in [0.1, 0.15) is 24.5 Å². The Morgan fingerprint density at radius 2 is 2.21 bits per heavy atom. The summed E-state index contributed by atoms with van der Waals surface area (Å²) in [6, 6.07) is 8.39. The fourth-order valence-corrected chi connectivity index (χ4v) is 3.32. The Kier molecular flexibility index (Phi) is 7.94. The second-order valence-electron chi connectivity index (χ2n) is 4.85. The van der Waals surface area contributed by atoms with Crippen LogP contribution in [0.15, 0.2) is 24.3 Å². The van der Waals surface area contributed by atoms with Crippen LogP contribution in [0.5, 0.6) is 0 Å². The highest BCUT2D eigenvalue weighted by atomic mass is 32.2. The Labute approximate surface area is 119 Å². The standard InChI is InChI=1S/C15H25NO2S/c1-4-8-16-15(10-18-3)12-19(17)11-14-7-5-6-13(2)9-14/h5-7,9,15-16H,4,8,10-12H2,1-3H3. The molecule has 0 saturated carbocycles. The Hall–Kier alpha value is -0.710. The van der Waals surface area contributed by atoms with Crippen LogP contribution in [0.25, 0.3) is 0 Å². The molecule has 108 valence electrons. The first-order valence-corrected chi connectivity index (χ1v) is 8.27. The molecule has 1 aromatic carbocycles. The van der Waals surface area contributed by atoms with Crippen molar-refractivity contribution in [3.8, 4) is 0 Å². The Morgan fingerprint density at radius 3 is 2.84 bits per heavy atom. The quantitative estimate of drug-likeness (QED) is 0.755. The van der Waals surface area contributed by atoms with Gasteiger partial charge in [-0.2, -0.15) is 0 Å². The maximum absolute atomic E-state index is 12.2. The van der Waals surface area contributed by atoms with E-state index in [1.165, 1.54) is 5.56 Å². The molecule has 19 heavy (non-hydrogen) atoms. The number of ether oxygens (including phenoxy) is 1. The van der Waals surface area contributed by atoms with Gasteiger partial charge in [-0.3, -0.25) is 4.21 Å². The zero-order chi connectivity index (χ0) is 14.1. The number of hydrogen-bond acceptors (Lipinski definition) is 3. The van der Waals surface area contributed by atoms with Gasteiger partial charge in [0.15, 0.2) is 0 Å². The summed E-state index contributed by atoms with van der Waals surface area (Å²) in [7, 11) is 0.828. The van der Waals surface area contributed by atoms with Crippen LogP contribution in [0.4, 0.5) is 0 Å². The molecule has 3 nitrogen and oxygen atoms in total. The fraction of sp³-hybridized carbons (Fsp3) is 0.600.